The van der Waals surface area contributed by atoms with Gasteiger partial charge in [0.2, 0.25) is 0 Å². The van der Waals surface area contributed by atoms with E-state index in [2.05, 4.69) is 22.5 Å². The summed E-state index contributed by atoms with van der Waals surface area (Å²) in [5, 5.41) is 0. The lowest BCUT2D eigenvalue weighted by atomic mass is 10.4. The third-order valence-electron chi connectivity index (χ3n) is 1.64. The highest BCUT2D eigenvalue weighted by atomic mass is 32.2. The molecule has 0 fully saturated rings. The van der Waals surface area contributed by atoms with Crippen molar-refractivity contribution >= 4 is 17.8 Å². The number of anilines is 1. The fourth-order valence-corrected chi connectivity index (χ4v) is 1.60. The highest BCUT2D eigenvalue weighted by Gasteiger charge is 2.02. The van der Waals surface area contributed by atoms with Crippen molar-refractivity contribution in [1.82, 2.24) is 4.98 Å². The quantitative estimate of drug-likeness (QED) is 0.668. The Morgan fingerprint density at radius 3 is 2.75 bits per heavy atom. The summed E-state index contributed by atoms with van der Waals surface area (Å²) in [7, 11) is 0. The smallest absolute Gasteiger partial charge is 0.138 e. The fourth-order valence-electron chi connectivity index (χ4n) is 1.05. The second-order valence-electron chi connectivity index (χ2n) is 2.51. The van der Waals surface area contributed by atoms with Gasteiger partial charge in [-0.1, -0.05) is 18.0 Å². The summed E-state index contributed by atoms with van der Waals surface area (Å²) in [4.78, 5) is 4.42. The maximum atomic E-state index is 4.42. The van der Waals surface area contributed by atoms with Gasteiger partial charge in [0.05, 0.1) is 0 Å². The van der Waals surface area contributed by atoms with E-state index in [1.54, 1.807) is 11.9 Å². The second-order valence-corrected chi connectivity index (χ2v) is 3.32. The van der Waals surface area contributed by atoms with E-state index in [9.17, 15) is 0 Å². The summed E-state index contributed by atoms with van der Waals surface area (Å²) < 4.78 is 2.16. The Morgan fingerprint density at radius 2 is 2.25 bits per heavy atom. The topological polar surface area (TPSA) is 16.1 Å². The van der Waals surface area contributed by atoms with E-state index in [1.165, 1.54) is 0 Å². The van der Waals surface area contributed by atoms with Gasteiger partial charge < -0.3 is 4.31 Å². The molecule has 66 valence electrons. The number of hydrogen-bond donors (Lipinski definition) is 0. The van der Waals surface area contributed by atoms with E-state index < -0.39 is 0 Å². The molecule has 0 radical (unpaired) electrons. The van der Waals surface area contributed by atoms with Gasteiger partial charge in [-0.15, -0.1) is 0 Å². The predicted octanol–water partition coefficient (Wildman–Crippen LogP) is 2.49. The fraction of sp³-hybridized carbons (Fsp3) is 0.444. The van der Waals surface area contributed by atoms with Crippen molar-refractivity contribution < 1.29 is 0 Å². The van der Waals surface area contributed by atoms with Crippen LogP contribution >= 0.6 is 11.9 Å². The van der Waals surface area contributed by atoms with Crippen molar-refractivity contribution in [3.8, 4) is 0 Å². The Kier molecular flexibility index (Phi) is 3.41. The van der Waals surface area contributed by atoms with Crippen LogP contribution in [0.3, 0.4) is 0 Å². The highest BCUT2D eigenvalue weighted by molar-refractivity contribution is 7.99. The van der Waals surface area contributed by atoms with Gasteiger partial charge >= 0.3 is 0 Å². The minimum absolute atomic E-state index is 0.984. The molecule has 0 N–H and O–H groups in total. The lowest BCUT2D eigenvalue weighted by Gasteiger charge is -2.17. The van der Waals surface area contributed by atoms with Gasteiger partial charge in [-0.05, 0) is 26.0 Å². The molecule has 1 rings (SSSR count). The average molecular weight is 182 g/mol. The van der Waals surface area contributed by atoms with E-state index in [1.807, 2.05) is 25.1 Å². The van der Waals surface area contributed by atoms with Gasteiger partial charge in [-0.2, -0.15) is 0 Å². The maximum absolute atomic E-state index is 4.42. The van der Waals surface area contributed by atoms with Crippen molar-refractivity contribution in [1.29, 1.82) is 0 Å². The van der Waals surface area contributed by atoms with Crippen LogP contribution in [0.2, 0.25) is 0 Å². The van der Waals surface area contributed by atoms with Crippen molar-refractivity contribution in [2.24, 2.45) is 0 Å². The van der Waals surface area contributed by atoms with Crippen molar-refractivity contribution in [3.63, 3.8) is 0 Å². The molecule has 2 nitrogen and oxygen atoms in total. The Bertz CT molecular complexity index is 246. The third kappa shape index (κ3) is 2.14. The SMILES string of the molecule is CCN(SC)c1cccc(C)n1. The van der Waals surface area contributed by atoms with Crippen LogP contribution in [0.1, 0.15) is 12.6 Å². The molecule has 0 aromatic carbocycles. The van der Waals surface area contributed by atoms with Gasteiger partial charge in [0, 0.05) is 18.5 Å². The number of pyridine rings is 1. The zero-order valence-corrected chi connectivity index (χ0v) is 8.56. The summed E-state index contributed by atoms with van der Waals surface area (Å²) >= 11 is 1.70. The van der Waals surface area contributed by atoms with E-state index in [0.29, 0.717) is 0 Å². The standard InChI is InChI=1S/C9H14N2S/c1-4-11(12-3)9-7-5-6-8(2)10-9/h5-7H,4H2,1-3H3. The van der Waals surface area contributed by atoms with Crippen molar-refractivity contribution in [3.05, 3.63) is 23.9 Å². The van der Waals surface area contributed by atoms with E-state index in [0.717, 1.165) is 18.1 Å². The molecule has 0 amide bonds. The molecule has 0 atom stereocenters. The van der Waals surface area contributed by atoms with Gasteiger partial charge in [0.25, 0.3) is 0 Å². The molecule has 1 heterocycles. The number of aromatic nitrogens is 1. The zero-order valence-electron chi connectivity index (χ0n) is 7.74. The molecule has 12 heavy (non-hydrogen) atoms. The van der Waals surface area contributed by atoms with Crippen LogP contribution in [0, 0.1) is 6.92 Å². The molecule has 0 aliphatic carbocycles. The summed E-state index contributed by atoms with van der Waals surface area (Å²) in [6, 6.07) is 6.08. The summed E-state index contributed by atoms with van der Waals surface area (Å²) in [6.07, 6.45) is 2.06. The first-order valence-electron chi connectivity index (χ1n) is 4.03. The van der Waals surface area contributed by atoms with Crippen LogP contribution in [0.15, 0.2) is 18.2 Å². The molecule has 0 saturated heterocycles. The Balaban J connectivity index is 2.85. The summed E-state index contributed by atoms with van der Waals surface area (Å²) in [5.41, 5.74) is 1.07. The molecular weight excluding hydrogens is 168 g/mol. The van der Waals surface area contributed by atoms with Gasteiger partial charge in [-0.3, -0.25) is 0 Å². The molecule has 1 aromatic rings. The third-order valence-corrected chi connectivity index (χ3v) is 2.52. The molecule has 0 saturated carbocycles. The Labute approximate surface area is 78.1 Å². The first-order valence-corrected chi connectivity index (χ1v) is 5.21. The van der Waals surface area contributed by atoms with Crippen LogP contribution in [0.4, 0.5) is 5.82 Å². The molecule has 0 bridgehead atoms. The number of nitrogens with zero attached hydrogens (tertiary/aromatic N) is 2. The van der Waals surface area contributed by atoms with Gasteiger partial charge in [-0.25, -0.2) is 4.98 Å². The monoisotopic (exact) mass is 182 g/mol. The predicted molar refractivity (Wildman–Crippen MR) is 55.5 cm³/mol. The van der Waals surface area contributed by atoms with E-state index in [-0.39, 0.29) is 0 Å². The molecule has 0 aliphatic rings. The highest BCUT2D eigenvalue weighted by Crippen LogP contribution is 2.17. The zero-order chi connectivity index (χ0) is 8.97. The number of aryl methyl sites for hydroxylation is 1. The Morgan fingerprint density at radius 1 is 1.50 bits per heavy atom. The first-order chi connectivity index (χ1) is 5.77. The minimum atomic E-state index is 0.984. The van der Waals surface area contributed by atoms with Crippen LogP contribution < -0.4 is 4.31 Å². The largest absolute Gasteiger partial charge is 0.301 e. The van der Waals surface area contributed by atoms with Crippen LogP contribution in [-0.2, 0) is 0 Å². The molecule has 0 spiro atoms. The normalized spacial score (nSPS) is 9.92. The molecule has 0 aliphatic heterocycles. The van der Waals surface area contributed by atoms with Crippen LogP contribution in [0.5, 0.6) is 0 Å². The summed E-state index contributed by atoms with van der Waals surface area (Å²) in [5.74, 6) is 1.05. The van der Waals surface area contributed by atoms with Crippen LogP contribution in [0.25, 0.3) is 0 Å². The van der Waals surface area contributed by atoms with E-state index in [4.69, 9.17) is 0 Å². The Hall–Kier alpha value is -0.700. The molecule has 1 aromatic heterocycles. The van der Waals surface area contributed by atoms with Gasteiger partial charge in [0.1, 0.15) is 5.82 Å². The second kappa shape index (κ2) is 4.36. The minimum Gasteiger partial charge on any atom is -0.301 e. The first kappa shape index (κ1) is 9.39. The van der Waals surface area contributed by atoms with Crippen molar-refractivity contribution in [2.75, 3.05) is 17.1 Å². The molecule has 3 heteroatoms. The average Bonchev–Trinajstić information content (AvgIpc) is 2.07. The molecule has 0 unspecified atom stereocenters. The maximum Gasteiger partial charge on any atom is 0.138 e. The van der Waals surface area contributed by atoms with Crippen LogP contribution in [-0.4, -0.2) is 17.8 Å². The number of rotatable bonds is 3. The molecular formula is C9H14N2S. The van der Waals surface area contributed by atoms with E-state index >= 15 is 0 Å². The lowest BCUT2D eigenvalue weighted by molar-refractivity contribution is 1.05. The lowest BCUT2D eigenvalue weighted by Crippen LogP contribution is -2.13. The number of hydrogen-bond acceptors (Lipinski definition) is 3. The summed E-state index contributed by atoms with van der Waals surface area (Å²) in [6.45, 7) is 5.12. The van der Waals surface area contributed by atoms with Gasteiger partial charge in [0.15, 0.2) is 0 Å². The van der Waals surface area contributed by atoms with Crippen molar-refractivity contribution in [2.45, 2.75) is 13.8 Å².